The van der Waals surface area contributed by atoms with Crippen LogP contribution in [0.4, 0.5) is 11.4 Å². The largest absolute Gasteiger partial charge is 0.393 e. The van der Waals surface area contributed by atoms with E-state index in [2.05, 4.69) is 4.99 Å². The van der Waals surface area contributed by atoms with E-state index in [1.54, 1.807) is 6.20 Å². The number of hydrogen-bond acceptors (Lipinski definition) is 6. The summed E-state index contributed by atoms with van der Waals surface area (Å²) in [5, 5.41) is 12.7. The number of nitrogen functional groups attached to an aromatic ring is 1. The molecule has 21 heavy (non-hydrogen) atoms. The first kappa shape index (κ1) is 15.4. The van der Waals surface area contributed by atoms with Crippen LogP contribution < -0.4 is 10.6 Å². The summed E-state index contributed by atoms with van der Waals surface area (Å²) in [6, 6.07) is 2.43. The van der Waals surface area contributed by atoms with Crippen LogP contribution in [0.2, 0.25) is 5.02 Å². The van der Waals surface area contributed by atoms with Crippen LogP contribution in [0, 0.1) is 10.1 Å². The number of halogens is 2. The van der Waals surface area contributed by atoms with Crippen LogP contribution >= 0.6 is 23.2 Å². The molecular weight excluding hydrogens is 319 g/mol. The van der Waals surface area contributed by atoms with Gasteiger partial charge in [-0.25, -0.2) is 0 Å². The predicted molar refractivity (Wildman–Crippen MR) is 81.5 cm³/mol. The summed E-state index contributed by atoms with van der Waals surface area (Å²) in [5.41, 5.74) is 6.07. The van der Waals surface area contributed by atoms with E-state index in [9.17, 15) is 10.1 Å². The van der Waals surface area contributed by atoms with Gasteiger partial charge in [-0.15, -0.1) is 0 Å². The number of nitrogens with zero attached hydrogens (tertiary/aromatic N) is 3. The Morgan fingerprint density at radius 2 is 2.24 bits per heavy atom. The Kier molecular flexibility index (Phi) is 4.54. The number of rotatable bonds is 4. The number of nitro groups is 1. The van der Waals surface area contributed by atoms with Gasteiger partial charge in [-0.1, -0.05) is 30.1 Å². The van der Waals surface area contributed by atoms with Gasteiger partial charge >= 0.3 is 0 Å². The van der Waals surface area contributed by atoms with Gasteiger partial charge in [-0.05, 0) is 6.42 Å². The zero-order chi connectivity index (χ0) is 15.6. The molecule has 0 unspecified atom stereocenters. The molecular formula is C12H12Cl2N4O3. The monoisotopic (exact) mass is 330 g/mol. The minimum atomic E-state index is -0.611. The molecule has 0 bridgehead atoms. The predicted octanol–water partition coefficient (Wildman–Crippen LogP) is 3.33. The highest BCUT2D eigenvalue weighted by molar-refractivity contribution is 6.43. The van der Waals surface area contributed by atoms with Crippen molar-refractivity contribution in [2.24, 2.45) is 4.99 Å². The molecule has 9 heteroatoms. The van der Waals surface area contributed by atoms with Crippen molar-refractivity contribution in [2.75, 3.05) is 12.4 Å². The third kappa shape index (κ3) is 3.37. The van der Waals surface area contributed by atoms with E-state index in [4.69, 9.17) is 33.8 Å². The molecule has 0 radical (unpaired) electrons. The zero-order valence-electron chi connectivity index (χ0n) is 11.0. The number of aliphatic imine (C=N–C) groups is 1. The van der Waals surface area contributed by atoms with Crippen LogP contribution in [0.15, 0.2) is 28.4 Å². The van der Waals surface area contributed by atoms with Crippen molar-refractivity contribution in [3.05, 3.63) is 38.5 Å². The normalized spacial score (nSPS) is 14.5. The fourth-order valence-electron chi connectivity index (χ4n) is 1.72. The number of anilines is 1. The maximum absolute atomic E-state index is 10.8. The summed E-state index contributed by atoms with van der Waals surface area (Å²) >= 11 is 12.0. The van der Waals surface area contributed by atoms with E-state index in [0.717, 1.165) is 11.8 Å². The third-order valence-electron chi connectivity index (χ3n) is 2.76. The highest BCUT2D eigenvalue weighted by Gasteiger charge is 2.19. The van der Waals surface area contributed by atoms with Crippen molar-refractivity contribution in [3.63, 3.8) is 0 Å². The molecule has 112 valence electrons. The van der Waals surface area contributed by atoms with Gasteiger partial charge in [-0.3, -0.25) is 15.1 Å². The molecule has 0 aliphatic carbocycles. The Bertz CT molecular complexity index is 646. The Balaban J connectivity index is 2.20. The highest BCUT2D eigenvalue weighted by atomic mass is 35.5. The molecule has 0 atom stereocenters. The maximum Gasteiger partial charge on any atom is 0.293 e. The van der Waals surface area contributed by atoms with Crippen molar-refractivity contribution in [1.29, 1.82) is 0 Å². The molecule has 2 N–H and O–H groups in total. The van der Waals surface area contributed by atoms with Crippen LogP contribution in [0.3, 0.4) is 0 Å². The lowest BCUT2D eigenvalue weighted by atomic mass is 10.2. The smallest absolute Gasteiger partial charge is 0.293 e. The van der Waals surface area contributed by atoms with Crippen LogP contribution in [-0.4, -0.2) is 22.4 Å². The van der Waals surface area contributed by atoms with E-state index in [1.807, 2.05) is 6.92 Å². The van der Waals surface area contributed by atoms with Gasteiger partial charge in [-0.2, -0.15) is 5.06 Å². The lowest BCUT2D eigenvalue weighted by molar-refractivity contribution is -0.383. The summed E-state index contributed by atoms with van der Waals surface area (Å²) in [5.74, 6) is 0.190. The lowest BCUT2D eigenvalue weighted by Crippen LogP contribution is -2.27. The molecule has 1 heterocycles. The second-order valence-corrected chi connectivity index (χ2v) is 5.00. The van der Waals surface area contributed by atoms with Crippen LogP contribution in [-0.2, 0) is 0 Å². The van der Waals surface area contributed by atoms with Crippen molar-refractivity contribution >= 4 is 40.3 Å². The molecule has 1 aliphatic heterocycles. The standard InChI is InChI=1S/C12H12Cl2N4O3/c1-2-10-8(14)5-17(6-16-10)21-12-4-9(15)11(18(19)20)3-7(12)13/h3-5H,2,6,15H2,1H3. The van der Waals surface area contributed by atoms with E-state index < -0.39 is 4.92 Å². The second kappa shape index (κ2) is 6.19. The van der Waals surface area contributed by atoms with E-state index >= 15 is 0 Å². The summed E-state index contributed by atoms with van der Waals surface area (Å²) in [7, 11) is 0. The van der Waals surface area contributed by atoms with Crippen LogP contribution in [0.25, 0.3) is 0 Å². The summed E-state index contributed by atoms with van der Waals surface area (Å²) < 4.78 is 0. The van der Waals surface area contributed by atoms with Gasteiger partial charge in [0.2, 0.25) is 0 Å². The first-order valence-corrected chi connectivity index (χ1v) is 6.77. The number of hydrogen-bond donors (Lipinski definition) is 1. The number of allylic oxidation sites excluding steroid dienone is 1. The van der Waals surface area contributed by atoms with Crippen molar-refractivity contribution < 1.29 is 9.76 Å². The third-order valence-corrected chi connectivity index (χ3v) is 3.37. The van der Waals surface area contributed by atoms with Gasteiger partial charge in [0.05, 0.1) is 26.9 Å². The Hall–Kier alpha value is -1.99. The number of nitro benzene ring substituents is 1. The van der Waals surface area contributed by atoms with Crippen LogP contribution in [0.5, 0.6) is 5.75 Å². The SMILES string of the molecule is CCC1=NCN(Oc2cc(N)c([N+](=O)[O-])cc2Cl)C=C1Cl. The van der Waals surface area contributed by atoms with Gasteiger partial charge in [0.15, 0.2) is 5.75 Å². The summed E-state index contributed by atoms with van der Waals surface area (Å²) in [6.45, 7) is 2.19. The maximum atomic E-state index is 10.8. The van der Waals surface area contributed by atoms with Gasteiger partial charge in [0, 0.05) is 12.1 Å². The molecule has 0 saturated heterocycles. The Morgan fingerprint density at radius 1 is 1.52 bits per heavy atom. The Morgan fingerprint density at radius 3 is 2.81 bits per heavy atom. The molecule has 1 aromatic rings. The van der Waals surface area contributed by atoms with Crippen molar-refractivity contribution in [1.82, 2.24) is 5.06 Å². The number of benzene rings is 1. The average molecular weight is 331 g/mol. The number of hydroxylamine groups is 2. The highest BCUT2D eigenvalue weighted by Crippen LogP contribution is 2.34. The fraction of sp³-hybridized carbons (Fsp3) is 0.250. The van der Waals surface area contributed by atoms with E-state index in [0.29, 0.717) is 11.5 Å². The lowest BCUT2D eigenvalue weighted by Gasteiger charge is -2.23. The minimum Gasteiger partial charge on any atom is -0.393 e. The summed E-state index contributed by atoms with van der Waals surface area (Å²) in [6.07, 6.45) is 2.29. The second-order valence-electron chi connectivity index (χ2n) is 4.18. The van der Waals surface area contributed by atoms with E-state index in [-0.39, 0.29) is 28.8 Å². The molecule has 1 aliphatic rings. The van der Waals surface area contributed by atoms with Crippen molar-refractivity contribution in [2.45, 2.75) is 13.3 Å². The molecule has 0 aromatic heterocycles. The van der Waals surface area contributed by atoms with Gasteiger partial charge in [0.25, 0.3) is 5.69 Å². The Labute approximate surface area is 130 Å². The van der Waals surface area contributed by atoms with E-state index in [1.165, 1.54) is 11.1 Å². The first-order chi connectivity index (χ1) is 9.92. The summed E-state index contributed by atoms with van der Waals surface area (Å²) in [4.78, 5) is 19.9. The molecule has 0 spiro atoms. The average Bonchev–Trinajstić information content (AvgIpc) is 2.42. The molecule has 0 fully saturated rings. The minimum absolute atomic E-state index is 0.0377. The number of nitrogens with two attached hydrogens (primary N) is 1. The van der Waals surface area contributed by atoms with Crippen molar-refractivity contribution in [3.8, 4) is 5.75 Å². The van der Waals surface area contributed by atoms with Gasteiger partial charge < -0.3 is 10.6 Å². The molecule has 0 amide bonds. The molecule has 0 saturated carbocycles. The van der Waals surface area contributed by atoms with Crippen LogP contribution in [0.1, 0.15) is 13.3 Å². The van der Waals surface area contributed by atoms with Gasteiger partial charge in [0.1, 0.15) is 12.4 Å². The quantitative estimate of drug-likeness (QED) is 0.519. The zero-order valence-corrected chi connectivity index (χ0v) is 12.6. The first-order valence-electron chi connectivity index (χ1n) is 6.01. The molecule has 2 rings (SSSR count). The molecule has 1 aromatic carbocycles. The molecule has 7 nitrogen and oxygen atoms in total. The topological polar surface area (TPSA) is 94.0 Å². The fourth-order valence-corrected chi connectivity index (χ4v) is 2.22.